The minimum Gasteiger partial charge on any atom is -0.263 e. The minimum absolute atomic E-state index is 0.0504. The molecule has 0 spiro atoms. The monoisotopic (exact) mass is 361 g/mol. The number of nitrogens with one attached hydrogen (secondary N) is 1. The molecule has 1 aliphatic rings. The summed E-state index contributed by atoms with van der Waals surface area (Å²) in [5, 5.41) is 0. The molecule has 23 heavy (non-hydrogen) atoms. The lowest BCUT2D eigenvalue weighted by Gasteiger charge is -2.27. The standard InChI is InChI=1S/C15H23NO5S2/c1-12-3-9-15(10-4-12)23(19,20)21-14-7-5-13(6-8-14)11-22(17,18)16-2/h3-4,9-10,13-14,16H,5-8,11H2,1-2H3/t13-,14+. The summed E-state index contributed by atoms with van der Waals surface area (Å²) in [5.41, 5.74) is 0.982. The third-order valence-electron chi connectivity index (χ3n) is 4.13. The van der Waals surface area contributed by atoms with Crippen LogP contribution in [-0.4, -0.2) is 35.7 Å². The Morgan fingerprint density at radius 2 is 1.61 bits per heavy atom. The molecule has 0 bridgehead atoms. The average molecular weight is 361 g/mol. The molecule has 1 aromatic rings. The fourth-order valence-electron chi connectivity index (χ4n) is 2.73. The van der Waals surface area contributed by atoms with Crippen molar-refractivity contribution in [2.24, 2.45) is 5.92 Å². The molecule has 8 heteroatoms. The van der Waals surface area contributed by atoms with E-state index < -0.39 is 20.1 Å². The van der Waals surface area contributed by atoms with E-state index in [2.05, 4.69) is 4.72 Å². The first-order valence-electron chi connectivity index (χ1n) is 7.63. The summed E-state index contributed by atoms with van der Waals surface area (Å²) in [6.07, 6.45) is 2.02. The molecule has 1 saturated carbocycles. The van der Waals surface area contributed by atoms with Crippen LogP contribution in [0.1, 0.15) is 31.2 Å². The molecule has 6 nitrogen and oxygen atoms in total. The molecule has 0 saturated heterocycles. The van der Waals surface area contributed by atoms with Crippen LogP contribution in [0.25, 0.3) is 0 Å². The SMILES string of the molecule is CNS(=O)(=O)C[C@H]1CC[C@@H](OS(=O)(=O)c2ccc(C)cc2)CC1. The van der Waals surface area contributed by atoms with E-state index in [-0.39, 0.29) is 22.7 Å². The maximum Gasteiger partial charge on any atom is 0.297 e. The minimum atomic E-state index is -3.76. The van der Waals surface area contributed by atoms with E-state index in [0.717, 1.165) is 5.56 Å². The molecule has 0 aromatic heterocycles. The lowest BCUT2D eigenvalue weighted by Crippen LogP contribution is -2.31. The number of benzene rings is 1. The summed E-state index contributed by atoms with van der Waals surface area (Å²) in [6, 6.07) is 6.54. The zero-order chi connectivity index (χ0) is 17.1. The van der Waals surface area contributed by atoms with Crippen molar-refractivity contribution in [1.82, 2.24) is 4.72 Å². The molecule has 0 aliphatic heterocycles. The first-order chi connectivity index (χ1) is 10.7. The van der Waals surface area contributed by atoms with E-state index >= 15 is 0 Å². The van der Waals surface area contributed by atoms with E-state index in [1.807, 2.05) is 6.92 Å². The smallest absolute Gasteiger partial charge is 0.263 e. The van der Waals surface area contributed by atoms with E-state index in [9.17, 15) is 16.8 Å². The van der Waals surface area contributed by atoms with Gasteiger partial charge >= 0.3 is 0 Å². The molecule has 1 aliphatic carbocycles. The van der Waals surface area contributed by atoms with E-state index in [0.29, 0.717) is 25.7 Å². The van der Waals surface area contributed by atoms with Gasteiger partial charge in [0, 0.05) is 0 Å². The highest BCUT2D eigenvalue weighted by Gasteiger charge is 2.29. The summed E-state index contributed by atoms with van der Waals surface area (Å²) < 4.78 is 55.2. The number of hydrogen-bond acceptors (Lipinski definition) is 5. The quantitative estimate of drug-likeness (QED) is 0.781. The van der Waals surface area contributed by atoms with Crippen LogP contribution in [0.5, 0.6) is 0 Å². The lowest BCUT2D eigenvalue weighted by molar-refractivity contribution is 0.142. The average Bonchev–Trinajstić information content (AvgIpc) is 2.49. The van der Waals surface area contributed by atoms with Gasteiger partial charge in [0.1, 0.15) is 0 Å². The third kappa shape index (κ3) is 5.27. The van der Waals surface area contributed by atoms with Crippen LogP contribution < -0.4 is 4.72 Å². The van der Waals surface area contributed by atoms with E-state index in [4.69, 9.17) is 4.18 Å². The largest absolute Gasteiger partial charge is 0.297 e. The molecule has 130 valence electrons. The summed E-state index contributed by atoms with van der Waals surface area (Å²) in [7, 11) is -5.59. The Labute approximate surface area is 138 Å². The van der Waals surface area contributed by atoms with Crippen molar-refractivity contribution in [2.75, 3.05) is 12.8 Å². The van der Waals surface area contributed by atoms with Gasteiger partial charge in [-0.3, -0.25) is 4.18 Å². The topological polar surface area (TPSA) is 89.5 Å². The number of aryl methyl sites for hydroxylation is 1. The molecule has 1 fully saturated rings. The Morgan fingerprint density at radius 3 is 2.13 bits per heavy atom. The molecule has 0 atom stereocenters. The van der Waals surface area contributed by atoms with Gasteiger partial charge in [-0.25, -0.2) is 13.1 Å². The van der Waals surface area contributed by atoms with Crippen molar-refractivity contribution in [1.29, 1.82) is 0 Å². The second kappa shape index (κ2) is 7.29. The second-order valence-electron chi connectivity index (χ2n) is 5.99. The molecule has 2 rings (SSSR count). The van der Waals surface area contributed by atoms with Crippen molar-refractivity contribution in [3.05, 3.63) is 29.8 Å². The van der Waals surface area contributed by atoms with Gasteiger partial charge in [-0.1, -0.05) is 17.7 Å². The van der Waals surface area contributed by atoms with Crippen LogP contribution in [0.2, 0.25) is 0 Å². The Bertz CT molecular complexity index is 718. The second-order valence-corrected chi connectivity index (χ2v) is 9.53. The fourth-order valence-corrected chi connectivity index (χ4v) is 4.98. The molecular formula is C15H23NO5S2. The van der Waals surface area contributed by atoms with Crippen molar-refractivity contribution in [3.63, 3.8) is 0 Å². The number of sulfonamides is 1. The van der Waals surface area contributed by atoms with Crippen LogP contribution in [0.15, 0.2) is 29.2 Å². The molecule has 0 heterocycles. The van der Waals surface area contributed by atoms with Crippen molar-refractivity contribution in [3.8, 4) is 0 Å². The molecule has 0 radical (unpaired) electrons. The molecule has 1 aromatic carbocycles. The van der Waals surface area contributed by atoms with Gasteiger partial charge in [-0.05, 0) is 57.7 Å². The third-order valence-corrected chi connectivity index (χ3v) is 7.04. The maximum atomic E-state index is 12.2. The van der Waals surface area contributed by atoms with E-state index in [1.54, 1.807) is 12.1 Å². The molecule has 0 amide bonds. The van der Waals surface area contributed by atoms with Crippen molar-refractivity contribution >= 4 is 20.1 Å². The highest BCUT2D eigenvalue weighted by molar-refractivity contribution is 7.89. The fraction of sp³-hybridized carbons (Fsp3) is 0.600. The Balaban J connectivity index is 1.92. The van der Waals surface area contributed by atoms with Crippen LogP contribution in [0.4, 0.5) is 0 Å². The first-order valence-corrected chi connectivity index (χ1v) is 10.7. The zero-order valence-electron chi connectivity index (χ0n) is 13.4. The summed E-state index contributed by atoms with van der Waals surface area (Å²) in [4.78, 5) is 0.156. The molecular weight excluding hydrogens is 338 g/mol. The van der Waals surface area contributed by atoms with Crippen LogP contribution in [-0.2, 0) is 24.3 Å². The highest BCUT2D eigenvalue weighted by Crippen LogP contribution is 2.29. The Kier molecular flexibility index (Phi) is 5.83. The lowest BCUT2D eigenvalue weighted by atomic mass is 9.89. The normalized spacial score (nSPS) is 22.9. The summed E-state index contributed by atoms with van der Waals surface area (Å²) >= 11 is 0. The summed E-state index contributed by atoms with van der Waals surface area (Å²) in [6.45, 7) is 1.89. The van der Waals surface area contributed by atoms with Crippen molar-refractivity contribution < 1.29 is 21.0 Å². The van der Waals surface area contributed by atoms with Gasteiger partial charge in [0.2, 0.25) is 10.0 Å². The van der Waals surface area contributed by atoms with Crippen LogP contribution in [0.3, 0.4) is 0 Å². The first kappa shape index (κ1) is 18.4. The maximum absolute atomic E-state index is 12.2. The Hall–Kier alpha value is -0.960. The predicted molar refractivity (Wildman–Crippen MR) is 88.0 cm³/mol. The van der Waals surface area contributed by atoms with Gasteiger partial charge in [0.05, 0.1) is 16.8 Å². The van der Waals surface area contributed by atoms with Gasteiger partial charge in [-0.2, -0.15) is 8.42 Å². The highest BCUT2D eigenvalue weighted by atomic mass is 32.2. The van der Waals surface area contributed by atoms with Gasteiger partial charge in [0.25, 0.3) is 10.1 Å². The predicted octanol–water partition coefficient (Wildman–Crippen LogP) is 1.81. The number of hydrogen-bond donors (Lipinski definition) is 1. The van der Waals surface area contributed by atoms with Gasteiger partial charge < -0.3 is 0 Å². The van der Waals surface area contributed by atoms with Gasteiger partial charge in [-0.15, -0.1) is 0 Å². The molecule has 1 N–H and O–H groups in total. The number of rotatable bonds is 6. The van der Waals surface area contributed by atoms with Gasteiger partial charge in [0.15, 0.2) is 0 Å². The summed E-state index contributed by atoms with van der Waals surface area (Å²) in [5.74, 6) is 0.135. The molecule has 0 unspecified atom stereocenters. The zero-order valence-corrected chi connectivity index (χ0v) is 15.0. The van der Waals surface area contributed by atoms with Crippen LogP contribution >= 0.6 is 0 Å². The van der Waals surface area contributed by atoms with Crippen molar-refractivity contribution in [2.45, 2.75) is 43.6 Å². The Morgan fingerprint density at radius 1 is 1.04 bits per heavy atom. The van der Waals surface area contributed by atoms with E-state index in [1.165, 1.54) is 19.2 Å². The van der Waals surface area contributed by atoms with Crippen LogP contribution in [0, 0.1) is 12.8 Å².